The lowest BCUT2D eigenvalue weighted by atomic mass is 9.78. The molecular weight excluding hydrogens is 450 g/mol. The van der Waals surface area contributed by atoms with Crippen molar-refractivity contribution in [2.45, 2.75) is 70.0 Å². The van der Waals surface area contributed by atoms with Gasteiger partial charge in [-0.2, -0.15) is 5.26 Å². The van der Waals surface area contributed by atoms with Crippen LogP contribution in [0.3, 0.4) is 0 Å². The molecule has 2 amide bonds. The van der Waals surface area contributed by atoms with Crippen molar-refractivity contribution in [1.29, 1.82) is 5.26 Å². The summed E-state index contributed by atoms with van der Waals surface area (Å²) in [4.78, 5) is 32.8. The maximum atomic E-state index is 13.6. The maximum Gasteiger partial charge on any atom is 0.252 e. The molecule has 0 bridgehead atoms. The molecule has 7 nitrogen and oxygen atoms in total. The first-order chi connectivity index (χ1) is 17.5. The van der Waals surface area contributed by atoms with Gasteiger partial charge in [0.15, 0.2) is 0 Å². The van der Waals surface area contributed by atoms with E-state index in [0.29, 0.717) is 36.8 Å². The fourth-order valence-electron chi connectivity index (χ4n) is 5.65. The van der Waals surface area contributed by atoms with Crippen molar-refractivity contribution < 1.29 is 9.59 Å². The summed E-state index contributed by atoms with van der Waals surface area (Å²) in [6.45, 7) is 4.12. The third kappa shape index (κ3) is 6.70. The number of carbonyl (C=O) groups is 2. The van der Waals surface area contributed by atoms with E-state index in [9.17, 15) is 14.9 Å². The number of nitriles is 1. The summed E-state index contributed by atoms with van der Waals surface area (Å²) in [6, 6.07) is 15.1. The van der Waals surface area contributed by atoms with Gasteiger partial charge in [0.05, 0.1) is 6.07 Å². The minimum atomic E-state index is -0.959. The van der Waals surface area contributed by atoms with Crippen LogP contribution in [0.1, 0.15) is 67.8 Å². The predicted octanol–water partition coefficient (Wildman–Crippen LogP) is 4.07. The summed E-state index contributed by atoms with van der Waals surface area (Å²) in [5, 5.41) is 16.1. The Morgan fingerprint density at radius 3 is 2.56 bits per heavy atom. The highest BCUT2D eigenvalue weighted by Crippen LogP contribution is 2.32. The molecule has 0 radical (unpaired) electrons. The van der Waals surface area contributed by atoms with Crippen LogP contribution in [-0.2, 0) is 11.3 Å². The summed E-state index contributed by atoms with van der Waals surface area (Å²) < 4.78 is 0. The average molecular weight is 488 g/mol. The van der Waals surface area contributed by atoms with E-state index < -0.39 is 11.6 Å². The Balaban J connectivity index is 1.45. The molecule has 1 aromatic carbocycles. The number of hydrogen-bond donors (Lipinski definition) is 2. The maximum absolute atomic E-state index is 13.6. The number of rotatable bonds is 9. The SMILES string of the molecule is CC(CC(NC(=O)c1ccncc1)C(=O)NC1(C#N)CCN(Cc2ccccc2)C1)C1CCCCC1. The molecule has 2 aromatic rings. The van der Waals surface area contributed by atoms with Crippen LogP contribution in [0, 0.1) is 23.2 Å². The van der Waals surface area contributed by atoms with Gasteiger partial charge < -0.3 is 10.6 Å². The van der Waals surface area contributed by atoms with Crippen molar-refractivity contribution in [3.05, 3.63) is 66.0 Å². The quantitative estimate of drug-likeness (QED) is 0.556. The highest BCUT2D eigenvalue weighted by molar-refractivity contribution is 5.97. The van der Waals surface area contributed by atoms with E-state index in [1.807, 2.05) is 18.2 Å². The van der Waals surface area contributed by atoms with Crippen LogP contribution >= 0.6 is 0 Å². The number of benzene rings is 1. The first kappa shape index (κ1) is 25.8. The van der Waals surface area contributed by atoms with E-state index in [4.69, 9.17) is 0 Å². The summed E-state index contributed by atoms with van der Waals surface area (Å²) in [6.07, 6.45) is 10.3. The Morgan fingerprint density at radius 2 is 1.86 bits per heavy atom. The molecule has 1 saturated heterocycles. The molecule has 36 heavy (non-hydrogen) atoms. The lowest BCUT2D eigenvalue weighted by molar-refractivity contribution is -0.124. The summed E-state index contributed by atoms with van der Waals surface area (Å²) >= 11 is 0. The monoisotopic (exact) mass is 487 g/mol. The van der Waals surface area contributed by atoms with Gasteiger partial charge in [0.2, 0.25) is 5.91 Å². The molecule has 2 N–H and O–H groups in total. The van der Waals surface area contributed by atoms with Crippen molar-refractivity contribution in [3.63, 3.8) is 0 Å². The van der Waals surface area contributed by atoms with Crippen LogP contribution in [0.25, 0.3) is 0 Å². The standard InChI is InChI=1S/C29H37N5O2/c1-22(24-10-6-3-7-11-24)18-26(32-27(35)25-12-15-31-16-13-25)28(36)33-29(20-30)14-17-34(21-29)19-23-8-4-2-5-9-23/h2,4-5,8-9,12-13,15-16,22,24,26H,3,6-7,10-11,14,17-19,21H2,1H3,(H,32,35)(H,33,36). The van der Waals surface area contributed by atoms with Gasteiger partial charge >= 0.3 is 0 Å². The van der Waals surface area contributed by atoms with Crippen molar-refractivity contribution in [2.75, 3.05) is 13.1 Å². The van der Waals surface area contributed by atoms with Crippen LogP contribution in [0.4, 0.5) is 0 Å². The van der Waals surface area contributed by atoms with Gasteiger partial charge in [-0.05, 0) is 42.4 Å². The van der Waals surface area contributed by atoms with E-state index >= 15 is 0 Å². The second kappa shape index (κ2) is 12.1. The molecule has 4 rings (SSSR count). The Labute approximate surface area is 214 Å². The number of nitrogens with one attached hydrogen (secondary N) is 2. The van der Waals surface area contributed by atoms with Gasteiger partial charge in [0.1, 0.15) is 11.6 Å². The number of pyridine rings is 1. The number of nitrogens with zero attached hydrogens (tertiary/aromatic N) is 3. The number of likely N-dealkylation sites (tertiary alicyclic amines) is 1. The topological polar surface area (TPSA) is 98.1 Å². The molecule has 190 valence electrons. The molecular formula is C29H37N5O2. The zero-order chi connectivity index (χ0) is 25.4. The summed E-state index contributed by atoms with van der Waals surface area (Å²) in [5.41, 5.74) is 0.693. The van der Waals surface area contributed by atoms with Crippen molar-refractivity contribution in [1.82, 2.24) is 20.5 Å². The van der Waals surface area contributed by atoms with Crippen molar-refractivity contribution >= 4 is 11.8 Å². The molecule has 3 unspecified atom stereocenters. The first-order valence-corrected chi connectivity index (χ1v) is 13.2. The lowest BCUT2D eigenvalue weighted by Gasteiger charge is -2.32. The molecule has 2 aliphatic rings. The minimum Gasteiger partial charge on any atom is -0.340 e. The molecule has 1 aliphatic heterocycles. The molecule has 2 fully saturated rings. The number of aromatic nitrogens is 1. The Morgan fingerprint density at radius 1 is 1.14 bits per heavy atom. The molecule has 1 saturated carbocycles. The number of amides is 2. The smallest absolute Gasteiger partial charge is 0.252 e. The largest absolute Gasteiger partial charge is 0.340 e. The van der Waals surface area contributed by atoms with Crippen LogP contribution in [0.2, 0.25) is 0 Å². The third-order valence-electron chi connectivity index (χ3n) is 7.80. The Kier molecular flexibility index (Phi) is 8.71. The van der Waals surface area contributed by atoms with Crippen LogP contribution in [-0.4, -0.2) is 46.4 Å². The minimum absolute atomic E-state index is 0.275. The number of carbonyl (C=O) groups excluding carboxylic acids is 2. The van der Waals surface area contributed by atoms with Crippen molar-refractivity contribution in [2.24, 2.45) is 11.8 Å². The molecule has 0 spiro atoms. The van der Waals surface area contributed by atoms with Crippen molar-refractivity contribution in [3.8, 4) is 6.07 Å². The molecule has 3 atom stereocenters. The predicted molar refractivity (Wildman–Crippen MR) is 139 cm³/mol. The van der Waals surface area contributed by atoms with E-state index in [-0.39, 0.29) is 11.8 Å². The van der Waals surface area contributed by atoms with Crippen LogP contribution in [0.5, 0.6) is 0 Å². The van der Waals surface area contributed by atoms with E-state index in [0.717, 1.165) is 13.1 Å². The average Bonchev–Trinajstić information content (AvgIpc) is 3.32. The summed E-state index contributed by atoms with van der Waals surface area (Å²) in [5.74, 6) is 0.291. The zero-order valence-electron chi connectivity index (χ0n) is 21.2. The molecule has 7 heteroatoms. The van der Waals surface area contributed by atoms with Crippen LogP contribution < -0.4 is 10.6 Å². The lowest BCUT2D eigenvalue weighted by Crippen LogP contribution is -2.56. The van der Waals surface area contributed by atoms with E-state index in [1.54, 1.807) is 24.5 Å². The fraction of sp³-hybridized carbons (Fsp3) is 0.517. The van der Waals surface area contributed by atoms with Crippen LogP contribution in [0.15, 0.2) is 54.9 Å². The highest BCUT2D eigenvalue weighted by Gasteiger charge is 2.41. The summed E-state index contributed by atoms with van der Waals surface area (Å²) in [7, 11) is 0. The second-order valence-corrected chi connectivity index (χ2v) is 10.5. The normalized spacial score (nSPS) is 22.3. The van der Waals surface area contributed by atoms with Gasteiger partial charge in [-0.3, -0.25) is 19.5 Å². The Hall–Kier alpha value is -3.24. The van der Waals surface area contributed by atoms with Gasteiger partial charge in [0.25, 0.3) is 5.91 Å². The van der Waals surface area contributed by atoms with Gasteiger partial charge in [-0.1, -0.05) is 69.4 Å². The van der Waals surface area contributed by atoms with Gasteiger partial charge in [0, 0.05) is 37.6 Å². The van der Waals surface area contributed by atoms with Gasteiger partial charge in [-0.15, -0.1) is 0 Å². The molecule has 1 aliphatic carbocycles. The highest BCUT2D eigenvalue weighted by atomic mass is 16.2. The zero-order valence-corrected chi connectivity index (χ0v) is 21.2. The van der Waals surface area contributed by atoms with E-state index in [1.165, 1.54) is 37.7 Å². The first-order valence-electron chi connectivity index (χ1n) is 13.2. The molecule has 1 aromatic heterocycles. The number of hydrogen-bond acceptors (Lipinski definition) is 5. The second-order valence-electron chi connectivity index (χ2n) is 10.5. The van der Waals surface area contributed by atoms with E-state index in [2.05, 4.69) is 45.6 Å². The Bertz CT molecular complexity index is 1050. The third-order valence-corrected chi connectivity index (χ3v) is 7.80. The fourth-order valence-corrected chi connectivity index (χ4v) is 5.65. The molecule has 2 heterocycles. The van der Waals surface area contributed by atoms with Gasteiger partial charge in [-0.25, -0.2) is 0 Å².